The number of rotatable bonds is 4. The van der Waals surface area contributed by atoms with Crippen molar-refractivity contribution >= 4 is 20.9 Å². The van der Waals surface area contributed by atoms with Gasteiger partial charge in [0, 0.05) is 23.4 Å². The molecule has 2 aromatic heterocycles. The average Bonchev–Trinajstić information content (AvgIpc) is 2.93. The van der Waals surface area contributed by atoms with Gasteiger partial charge in [-0.25, -0.2) is 13.4 Å². The van der Waals surface area contributed by atoms with Crippen molar-refractivity contribution in [3.05, 3.63) is 47.3 Å². The molecule has 2 heterocycles. The van der Waals surface area contributed by atoms with Crippen molar-refractivity contribution < 1.29 is 13.2 Å². The molecule has 0 aliphatic carbocycles. The predicted octanol–water partition coefficient (Wildman–Crippen LogP) is 3.55. The number of fused-ring (bicyclic) bond motifs is 1. The first-order valence-electron chi connectivity index (χ1n) is 8.33. The Bertz CT molecular complexity index is 1060. The third-order valence-electron chi connectivity index (χ3n) is 4.27. The van der Waals surface area contributed by atoms with Crippen LogP contribution in [0.25, 0.3) is 11.0 Å². The monoisotopic (exact) mass is 373 g/mol. The lowest BCUT2D eigenvalue weighted by atomic mass is 9.86. The van der Waals surface area contributed by atoms with E-state index < -0.39 is 9.84 Å². The molecule has 0 saturated heterocycles. The summed E-state index contributed by atoms with van der Waals surface area (Å²) in [6.07, 6.45) is 2.92. The van der Waals surface area contributed by atoms with Crippen molar-refractivity contribution in [2.24, 2.45) is 0 Å². The zero-order valence-corrected chi connectivity index (χ0v) is 16.4. The second-order valence-corrected chi connectivity index (χ2v) is 9.49. The highest BCUT2D eigenvalue weighted by Gasteiger charge is 2.24. The average molecular weight is 373 g/mol. The van der Waals surface area contributed by atoms with Gasteiger partial charge in [0.25, 0.3) is 0 Å². The normalized spacial score (nSPS) is 12.5. The molecule has 0 radical (unpaired) electrons. The number of aromatic amines is 1. The fourth-order valence-corrected chi connectivity index (χ4v) is 3.90. The van der Waals surface area contributed by atoms with Gasteiger partial charge in [-0.15, -0.1) is 0 Å². The van der Waals surface area contributed by atoms with Crippen LogP contribution in [0.15, 0.2) is 35.4 Å². The van der Waals surface area contributed by atoms with Crippen LogP contribution < -0.4 is 4.74 Å². The van der Waals surface area contributed by atoms with Crippen molar-refractivity contribution in [2.75, 3.05) is 6.26 Å². The van der Waals surface area contributed by atoms with E-state index in [0.717, 1.165) is 16.6 Å². The smallest absolute Gasteiger partial charge is 0.181 e. The van der Waals surface area contributed by atoms with Gasteiger partial charge in [0.2, 0.25) is 0 Å². The van der Waals surface area contributed by atoms with Gasteiger partial charge < -0.3 is 4.74 Å². The maximum atomic E-state index is 12.1. The number of ether oxygens (including phenoxy) is 1. The van der Waals surface area contributed by atoms with Gasteiger partial charge in [-0.05, 0) is 42.2 Å². The van der Waals surface area contributed by atoms with Crippen LogP contribution in [-0.4, -0.2) is 29.9 Å². The summed E-state index contributed by atoms with van der Waals surface area (Å²) in [4.78, 5) is 4.54. The summed E-state index contributed by atoms with van der Waals surface area (Å²) in [5.41, 5.74) is 2.74. The number of nitrogens with zero attached hydrogens (tertiary/aromatic N) is 2. The zero-order valence-electron chi connectivity index (χ0n) is 15.6. The molecule has 1 N–H and O–H groups in total. The third kappa shape index (κ3) is 3.58. The highest BCUT2D eigenvalue weighted by molar-refractivity contribution is 7.90. The topological polar surface area (TPSA) is 84.9 Å². The van der Waals surface area contributed by atoms with E-state index in [1.807, 2.05) is 32.9 Å². The van der Waals surface area contributed by atoms with Crippen molar-refractivity contribution in [3.8, 4) is 5.75 Å². The number of hydrogen-bond acceptors (Lipinski definition) is 5. The summed E-state index contributed by atoms with van der Waals surface area (Å²) in [6.45, 7) is 8.18. The van der Waals surface area contributed by atoms with E-state index >= 15 is 0 Å². The Hall–Kier alpha value is -2.41. The van der Waals surface area contributed by atoms with Crippen molar-refractivity contribution in [3.63, 3.8) is 0 Å². The lowest BCUT2D eigenvalue weighted by molar-refractivity contribution is 0.293. The molecule has 0 amide bonds. The molecule has 7 heteroatoms. The summed E-state index contributed by atoms with van der Waals surface area (Å²) in [6, 6.07) is 7.32. The van der Waals surface area contributed by atoms with E-state index in [0.29, 0.717) is 28.5 Å². The number of aromatic nitrogens is 3. The Morgan fingerprint density at radius 3 is 2.62 bits per heavy atom. The molecule has 26 heavy (non-hydrogen) atoms. The minimum atomic E-state index is -3.30. The van der Waals surface area contributed by atoms with Crippen LogP contribution in [0.1, 0.15) is 37.6 Å². The molecule has 0 unspecified atom stereocenters. The van der Waals surface area contributed by atoms with Crippen LogP contribution in [0.3, 0.4) is 0 Å². The number of hydrogen-bond donors (Lipinski definition) is 1. The van der Waals surface area contributed by atoms with Crippen molar-refractivity contribution in [2.45, 2.75) is 44.6 Å². The van der Waals surface area contributed by atoms with E-state index in [-0.39, 0.29) is 5.41 Å². The summed E-state index contributed by atoms with van der Waals surface area (Å²) < 4.78 is 30.2. The molecule has 0 fully saturated rings. The molecule has 6 nitrogen and oxygen atoms in total. The highest BCUT2D eigenvalue weighted by atomic mass is 32.2. The molecule has 3 aromatic rings. The maximum Gasteiger partial charge on any atom is 0.181 e. The molecular weight excluding hydrogens is 350 g/mol. The van der Waals surface area contributed by atoms with Crippen LogP contribution in [0.2, 0.25) is 0 Å². The van der Waals surface area contributed by atoms with Gasteiger partial charge in [0.1, 0.15) is 12.4 Å². The molecule has 1 aromatic carbocycles. The van der Waals surface area contributed by atoms with Crippen LogP contribution in [-0.2, 0) is 21.9 Å². The first-order valence-corrected chi connectivity index (χ1v) is 10.2. The Labute approximate surface area is 153 Å². The number of benzene rings is 1. The standard InChI is InChI=1S/C19H23N3O3S/c1-12-9-16(14(19(2,3)4)10-17(12)26(5,23)24)25-11-15-13-7-6-8-20-18(13)22-21-15/h6-10H,11H2,1-5H3,(H,20,21,22). The summed E-state index contributed by atoms with van der Waals surface area (Å²) in [5.74, 6) is 0.675. The van der Waals surface area contributed by atoms with E-state index in [1.165, 1.54) is 6.26 Å². The lowest BCUT2D eigenvalue weighted by Crippen LogP contribution is -2.15. The van der Waals surface area contributed by atoms with Crippen LogP contribution in [0, 0.1) is 6.92 Å². The van der Waals surface area contributed by atoms with Crippen LogP contribution in [0.5, 0.6) is 5.75 Å². The van der Waals surface area contributed by atoms with Gasteiger partial charge in [-0.2, -0.15) is 5.10 Å². The molecule has 0 bridgehead atoms. The molecular formula is C19H23N3O3S. The minimum Gasteiger partial charge on any atom is -0.487 e. The van der Waals surface area contributed by atoms with Crippen molar-refractivity contribution in [1.29, 1.82) is 0 Å². The number of H-pyrrole nitrogens is 1. The molecule has 0 saturated carbocycles. The lowest BCUT2D eigenvalue weighted by Gasteiger charge is -2.24. The SMILES string of the molecule is Cc1cc(OCc2[nH]nc3ncccc23)c(C(C)(C)C)cc1S(C)(=O)=O. The second kappa shape index (κ2) is 6.39. The van der Waals surface area contributed by atoms with Crippen LogP contribution >= 0.6 is 0 Å². The van der Waals surface area contributed by atoms with E-state index in [9.17, 15) is 8.42 Å². The first-order chi connectivity index (χ1) is 12.1. The van der Waals surface area contributed by atoms with Crippen LogP contribution in [0.4, 0.5) is 0 Å². The van der Waals surface area contributed by atoms with Crippen molar-refractivity contribution in [1.82, 2.24) is 15.2 Å². The zero-order chi connectivity index (χ0) is 19.1. The molecule has 3 rings (SSSR count). The number of nitrogens with one attached hydrogen (secondary N) is 1. The largest absolute Gasteiger partial charge is 0.487 e. The Balaban J connectivity index is 2.00. The molecule has 0 aliphatic heterocycles. The minimum absolute atomic E-state index is 0.264. The van der Waals surface area contributed by atoms with Gasteiger partial charge in [0.05, 0.1) is 10.6 Å². The van der Waals surface area contributed by atoms with E-state index in [4.69, 9.17) is 4.74 Å². The quantitative estimate of drug-likeness (QED) is 0.756. The van der Waals surface area contributed by atoms with Gasteiger partial charge in [0.15, 0.2) is 15.5 Å². The maximum absolute atomic E-state index is 12.1. The van der Waals surface area contributed by atoms with Gasteiger partial charge >= 0.3 is 0 Å². The molecule has 0 atom stereocenters. The summed E-state index contributed by atoms with van der Waals surface area (Å²) in [7, 11) is -3.30. The fraction of sp³-hybridized carbons (Fsp3) is 0.368. The molecule has 0 spiro atoms. The van der Waals surface area contributed by atoms with E-state index in [2.05, 4.69) is 15.2 Å². The Kier molecular flexibility index (Phi) is 4.52. The van der Waals surface area contributed by atoms with E-state index in [1.54, 1.807) is 25.3 Å². The third-order valence-corrected chi connectivity index (χ3v) is 5.50. The summed E-state index contributed by atoms with van der Waals surface area (Å²) in [5, 5.41) is 8.04. The van der Waals surface area contributed by atoms with Gasteiger partial charge in [-0.1, -0.05) is 20.8 Å². The fourth-order valence-electron chi connectivity index (χ4n) is 2.93. The molecule has 0 aliphatic rings. The first kappa shape index (κ1) is 18.4. The Morgan fingerprint density at radius 2 is 1.96 bits per heavy atom. The second-order valence-electron chi connectivity index (χ2n) is 7.50. The molecule has 138 valence electrons. The number of pyridine rings is 1. The number of aryl methyl sites for hydroxylation is 1. The predicted molar refractivity (Wildman–Crippen MR) is 101 cm³/mol. The highest BCUT2D eigenvalue weighted by Crippen LogP contribution is 2.35. The number of sulfone groups is 1. The Morgan fingerprint density at radius 1 is 1.23 bits per heavy atom. The summed E-state index contributed by atoms with van der Waals surface area (Å²) >= 11 is 0. The van der Waals surface area contributed by atoms with Gasteiger partial charge in [-0.3, -0.25) is 5.10 Å².